The van der Waals surface area contributed by atoms with Crippen LogP contribution in [0.5, 0.6) is 0 Å². The lowest BCUT2D eigenvalue weighted by molar-refractivity contribution is 0.0978. The van der Waals surface area contributed by atoms with Crippen molar-refractivity contribution in [3.63, 3.8) is 0 Å². The van der Waals surface area contributed by atoms with Gasteiger partial charge < -0.3 is 9.64 Å². The van der Waals surface area contributed by atoms with Crippen LogP contribution in [0.15, 0.2) is 41.3 Å². The zero-order chi connectivity index (χ0) is 26.0. The molecule has 0 radical (unpaired) electrons. The second-order valence-electron chi connectivity index (χ2n) is 9.63. The lowest BCUT2D eigenvalue weighted by Crippen LogP contribution is -2.37. The molecule has 36 heavy (non-hydrogen) atoms. The van der Waals surface area contributed by atoms with Crippen LogP contribution in [0.25, 0.3) is 10.2 Å². The summed E-state index contributed by atoms with van der Waals surface area (Å²) in [5.41, 5.74) is 3.56. The smallest absolute Gasteiger partial charge is 0.260 e. The van der Waals surface area contributed by atoms with Crippen LogP contribution >= 0.6 is 11.3 Å². The van der Waals surface area contributed by atoms with E-state index in [1.54, 1.807) is 24.1 Å². The van der Waals surface area contributed by atoms with Gasteiger partial charge >= 0.3 is 0 Å². The molecule has 0 spiro atoms. The van der Waals surface area contributed by atoms with Crippen molar-refractivity contribution in [3.05, 3.63) is 53.1 Å². The van der Waals surface area contributed by atoms with Gasteiger partial charge in [-0.2, -0.15) is 4.31 Å². The van der Waals surface area contributed by atoms with Crippen LogP contribution in [0.2, 0.25) is 0 Å². The number of carbonyl (C=O) groups is 1. The number of sulfonamides is 1. The number of carbonyl (C=O) groups excluding carboxylic acids is 1. The zero-order valence-corrected chi connectivity index (χ0v) is 23.2. The van der Waals surface area contributed by atoms with Gasteiger partial charge in [-0.15, -0.1) is 0 Å². The minimum Gasteiger partial charge on any atom is -0.377 e. The predicted molar refractivity (Wildman–Crippen MR) is 145 cm³/mol. The first-order valence-corrected chi connectivity index (χ1v) is 14.3. The van der Waals surface area contributed by atoms with Gasteiger partial charge in [0.05, 0.1) is 21.2 Å². The SMILES string of the molecule is Cc1cc(C)c2sc(N(CCN(C)C)C(=O)c3ccc(S(=O)(=O)N(C)C[C@@H]4CCCO4)cc3)nc2c1. The highest BCUT2D eigenvalue weighted by Crippen LogP contribution is 2.33. The molecule has 1 saturated heterocycles. The summed E-state index contributed by atoms with van der Waals surface area (Å²) < 4.78 is 34.1. The number of likely N-dealkylation sites (N-methyl/N-ethyl adjacent to an activating group) is 2. The molecule has 0 N–H and O–H groups in total. The number of rotatable bonds is 9. The molecule has 8 nitrogen and oxygen atoms in total. The highest BCUT2D eigenvalue weighted by molar-refractivity contribution is 7.89. The number of anilines is 1. The Morgan fingerprint density at radius 3 is 2.47 bits per heavy atom. The summed E-state index contributed by atoms with van der Waals surface area (Å²) >= 11 is 1.50. The topological polar surface area (TPSA) is 83.1 Å². The molecule has 1 atom stereocenters. The Hall–Kier alpha value is -2.37. The normalized spacial score (nSPS) is 16.4. The number of benzene rings is 2. The Labute approximate surface area is 217 Å². The Morgan fingerprint density at radius 2 is 1.83 bits per heavy atom. The average Bonchev–Trinajstić information content (AvgIpc) is 3.49. The van der Waals surface area contributed by atoms with E-state index < -0.39 is 10.0 Å². The lowest BCUT2D eigenvalue weighted by atomic mass is 10.1. The van der Waals surface area contributed by atoms with E-state index in [0.29, 0.717) is 36.9 Å². The monoisotopic (exact) mass is 530 g/mol. The minimum absolute atomic E-state index is 0.0721. The fourth-order valence-electron chi connectivity index (χ4n) is 4.34. The molecule has 0 unspecified atom stereocenters. The molecular formula is C26H34N4O4S2. The summed E-state index contributed by atoms with van der Waals surface area (Å²) in [5, 5.41) is 0.638. The standard InChI is InChI=1S/C26H34N4O4S2/c1-18-15-19(2)24-23(16-18)27-26(35-24)30(13-12-28(3)4)25(31)20-8-10-22(11-9-20)36(32,33)29(5)17-21-7-6-14-34-21/h8-11,15-16,21H,6-7,12-14,17H2,1-5H3/t21-/m0/s1. The lowest BCUT2D eigenvalue weighted by Gasteiger charge is -2.22. The second-order valence-corrected chi connectivity index (χ2v) is 12.7. The quantitative estimate of drug-likeness (QED) is 0.417. The molecule has 194 valence electrons. The first kappa shape index (κ1) is 26.7. The summed E-state index contributed by atoms with van der Waals surface area (Å²) in [6.07, 6.45) is 1.74. The molecule has 2 heterocycles. The largest absolute Gasteiger partial charge is 0.377 e. The molecule has 0 aliphatic carbocycles. The molecule has 1 fully saturated rings. The molecule has 0 saturated carbocycles. The first-order chi connectivity index (χ1) is 17.1. The van der Waals surface area contributed by atoms with Crippen LogP contribution in [0.1, 0.15) is 34.3 Å². The summed E-state index contributed by atoms with van der Waals surface area (Å²) in [6.45, 7) is 6.21. The Balaban J connectivity index is 1.59. The molecular weight excluding hydrogens is 496 g/mol. The third-order valence-electron chi connectivity index (χ3n) is 6.35. The van der Waals surface area contributed by atoms with Gasteiger partial charge in [0.15, 0.2) is 5.13 Å². The summed E-state index contributed by atoms with van der Waals surface area (Å²) in [6, 6.07) is 10.3. The maximum absolute atomic E-state index is 13.6. The van der Waals surface area contributed by atoms with E-state index in [4.69, 9.17) is 9.72 Å². The summed E-state index contributed by atoms with van der Waals surface area (Å²) in [5.74, 6) is -0.207. The summed E-state index contributed by atoms with van der Waals surface area (Å²) in [4.78, 5) is 22.2. The van der Waals surface area contributed by atoms with Crippen LogP contribution in [0.4, 0.5) is 5.13 Å². The summed E-state index contributed by atoms with van der Waals surface area (Å²) in [7, 11) is 1.81. The van der Waals surface area contributed by atoms with E-state index in [2.05, 4.69) is 13.0 Å². The van der Waals surface area contributed by atoms with Gasteiger partial charge in [0.1, 0.15) is 0 Å². The molecule has 1 amide bonds. The van der Waals surface area contributed by atoms with Crippen molar-refractivity contribution in [2.45, 2.75) is 37.7 Å². The van der Waals surface area contributed by atoms with Crippen molar-refractivity contribution in [1.29, 1.82) is 0 Å². The van der Waals surface area contributed by atoms with Gasteiger partial charge in [-0.05, 0) is 82.2 Å². The second kappa shape index (κ2) is 10.9. The van der Waals surface area contributed by atoms with Crippen molar-refractivity contribution >= 4 is 42.6 Å². The van der Waals surface area contributed by atoms with E-state index in [0.717, 1.165) is 34.2 Å². The molecule has 3 aromatic rings. The third-order valence-corrected chi connectivity index (χ3v) is 9.42. The van der Waals surface area contributed by atoms with Crippen LogP contribution in [0.3, 0.4) is 0 Å². The maximum atomic E-state index is 13.6. The number of aryl methyl sites for hydroxylation is 2. The number of ether oxygens (including phenoxy) is 1. The van der Waals surface area contributed by atoms with E-state index in [1.165, 1.54) is 27.8 Å². The fraction of sp³-hybridized carbons (Fsp3) is 0.462. The Bertz CT molecular complexity index is 1330. The number of thiazole rings is 1. The minimum atomic E-state index is -3.68. The van der Waals surface area contributed by atoms with Crippen molar-refractivity contribution in [2.24, 2.45) is 0 Å². The number of nitrogens with zero attached hydrogens (tertiary/aromatic N) is 4. The number of hydrogen-bond acceptors (Lipinski definition) is 7. The van der Waals surface area contributed by atoms with E-state index in [-0.39, 0.29) is 16.9 Å². The van der Waals surface area contributed by atoms with Crippen molar-refractivity contribution in [3.8, 4) is 0 Å². The van der Waals surface area contributed by atoms with E-state index >= 15 is 0 Å². The number of aromatic nitrogens is 1. The van der Waals surface area contributed by atoms with Crippen LogP contribution in [-0.4, -0.2) is 82.0 Å². The van der Waals surface area contributed by atoms with Crippen LogP contribution < -0.4 is 4.90 Å². The highest BCUT2D eigenvalue weighted by Gasteiger charge is 2.27. The molecule has 1 aromatic heterocycles. The van der Waals surface area contributed by atoms with Crippen LogP contribution in [-0.2, 0) is 14.8 Å². The Kier molecular flexibility index (Phi) is 8.11. The Morgan fingerprint density at radius 1 is 1.11 bits per heavy atom. The molecule has 0 bridgehead atoms. The zero-order valence-electron chi connectivity index (χ0n) is 21.5. The third kappa shape index (κ3) is 5.78. The molecule has 1 aliphatic rings. The number of fused-ring (bicyclic) bond motifs is 1. The molecule has 2 aromatic carbocycles. The maximum Gasteiger partial charge on any atom is 0.260 e. The van der Waals surface area contributed by atoms with E-state index in [1.807, 2.05) is 32.0 Å². The van der Waals surface area contributed by atoms with Crippen LogP contribution in [0, 0.1) is 13.8 Å². The van der Waals surface area contributed by atoms with Crippen molar-refractivity contribution in [2.75, 3.05) is 52.3 Å². The predicted octanol–water partition coefficient (Wildman–Crippen LogP) is 3.92. The number of amides is 1. The van der Waals surface area contributed by atoms with Gasteiger partial charge in [-0.1, -0.05) is 17.4 Å². The fourth-order valence-corrected chi connectivity index (χ4v) is 6.59. The van der Waals surface area contributed by atoms with Gasteiger partial charge in [0.2, 0.25) is 10.0 Å². The average molecular weight is 531 g/mol. The molecule has 10 heteroatoms. The van der Waals surface area contributed by atoms with Gasteiger partial charge in [-0.25, -0.2) is 13.4 Å². The first-order valence-electron chi connectivity index (χ1n) is 12.1. The van der Waals surface area contributed by atoms with Crippen molar-refractivity contribution < 1.29 is 17.9 Å². The van der Waals surface area contributed by atoms with E-state index in [9.17, 15) is 13.2 Å². The molecule has 4 rings (SSSR count). The molecule has 1 aliphatic heterocycles. The van der Waals surface area contributed by atoms with Gasteiger partial charge in [0.25, 0.3) is 5.91 Å². The van der Waals surface area contributed by atoms with Crippen molar-refractivity contribution in [1.82, 2.24) is 14.2 Å². The van der Waals surface area contributed by atoms with Gasteiger partial charge in [0, 0.05) is 38.9 Å². The highest BCUT2D eigenvalue weighted by atomic mass is 32.2. The van der Waals surface area contributed by atoms with Gasteiger partial charge in [-0.3, -0.25) is 9.69 Å². The number of hydrogen-bond donors (Lipinski definition) is 0.